The van der Waals surface area contributed by atoms with E-state index in [-0.39, 0.29) is 10.6 Å². The van der Waals surface area contributed by atoms with E-state index in [0.717, 1.165) is 0 Å². The average Bonchev–Trinajstić information content (AvgIpc) is 2.69. The van der Waals surface area contributed by atoms with E-state index in [2.05, 4.69) is 9.71 Å². The Balaban J connectivity index is 1.83. The molecule has 0 bridgehead atoms. The van der Waals surface area contributed by atoms with Crippen LogP contribution in [0.3, 0.4) is 0 Å². The summed E-state index contributed by atoms with van der Waals surface area (Å²) in [6.45, 7) is -0.442. The van der Waals surface area contributed by atoms with Crippen molar-refractivity contribution in [2.75, 3.05) is 11.3 Å². The van der Waals surface area contributed by atoms with E-state index in [9.17, 15) is 17.9 Å². The number of nitrogens with zero attached hydrogens (tertiary/aromatic N) is 1. The number of aliphatic hydroxyl groups excluding tert-OH is 2. The van der Waals surface area contributed by atoms with Gasteiger partial charge in [-0.15, -0.1) is 0 Å². The number of hydrogen-bond acceptors (Lipinski definition) is 5. The molecule has 1 unspecified atom stereocenters. The fourth-order valence-corrected chi connectivity index (χ4v) is 3.49. The third-order valence-electron chi connectivity index (χ3n) is 3.84. The zero-order valence-corrected chi connectivity index (χ0v) is 14.9. The summed E-state index contributed by atoms with van der Waals surface area (Å²) in [4.78, 5) is 4.31. The van der Waals surface area contributed by atoms with Crippen molar-refractivity contribution < 1.29 is 23.0 Å². The van der Waals surface area contributed by atoms with Crippen LogP contribution in [0.4, 0.5) is 10.1 Å². The van der Waals surface area contributed by atoms with Crippen LogP contribution in [0.1, 0.15) is 11.8 Å². The van der Waals surface area contributed by atoms with Crippen LogP contribution in [0.15, 0.2) is 71.6 Å². The van der Waals surface area contributed by atoms with Gasteiger partial charge in [-0.2, -0.15) is 0 Å². The molecule has 3 aromatic rings. The van der Waals surface area contributed by atoms with Crippen molar-refractivity contribution in [3.63, 3.8) is 0 Å². The molecule has 0 aliphatic heterocycles. The van der Waals surface area contributed by atoms with Gasteiger partial charge in [-0.3, -0.25) is 4.72 Å². The lowest BCUT2D eigenvalue weighted by Gasteiger charge is -2.10. The summed E-state index contributed by atoms with van der Waals surface area (Å²) in [5, 5.41) is 18.7. The molecule has 3 N–H and O–H groups in total. The maximum atomic E-state index is 12.9. The van der Waals surface area contributed by atoms with Crippen molar-refractivity contribution in [1.82, 2.24) is 4.98 Å². The molecule has 0 amide bonds. The van der Waals surface area contributed by atoms with E-state index in [1.165, 1.54) is 36.4 Å². The fourth-order valence-electron chi connectivity index (χ4n) is 2.43. The lowest BCUT2D eigenvalue weighted by atomic mass is 10.1. The summed E-state index contributed by atoms with van der Waals surface area (Å²) in [5.74, 6) is -0.455. The van der Waals surface area contributed by atoms with Crippen LogP contribution >= 0.6 is 0 Å². The molecule has 1 atom stereocenters. The van der Waals surface area contributed by atoms with Crippen LogP contribution in [0.25, 0.3) is 11.3 Å². The summed E-state index contributed by atoms with van der Waals surface area (Å²) in [6.07, 6.45) is -1.08. The zero-order chi connectivity index (χ0) is 19.4. The predicted molar refractivity (Wildman–Crippen MR) is 98.9 cm³/mol. The number of nitrogens with one attached hydrogen (secondary N) is 1. The molecule has 3 rings (SSSR count). The number of anilines is 1. The maximum absolute atomic E-state index is 12.9. The first-order chi connectivity index (χ1) is 12.9. The molecule has 6 nitrogen and oxygen atoms in total. The fraction of sp³-hybridized carbons (Fsp3) is 0.105. The van der Waals surface area contributed by atoms with Crippen molar-refractivity contribution in [3.05, 3.63) is 78.2 Å². The van der Waals surface area contributed by atoms with Gasteiger partial charge in [0.15, 0.2) is 0 Å². The minimum atomic E-state index is -3.82. The van der Waals surface area contributed by atoms with Gasteiger partial charge in [-0.05, 0) is 48.5 Å². The number of pyridine rings is 1. The minimum Gasteiger partial charge on any atom is -0.393 e. The van der Waals surface area contributed by atoms with Crippen LogP contribution in [0, 0.1) is 5.82 Å². The van der Waals surface area contributed by atoms with E-state index < -0.39 is 28.6 Å². The molecule has 0 radical (unpaired) electrons. The Morgan fingerprint density at radius 1 is 1.00 bits per heavy atom. The molecular weight excluding hydrogens is 371 g/mol. The second-order valence-corrected chi connectivity index (χ2v) is 7.47. The molecule has 1 heterocycles. The summed E-state index contributed by atoms with van der Waals surface area (Å²) < 4.78 is 40.2. The topological polar surface area (TPSA) is 99.5 Å². The Bertz CT molecular complexity index is 1020. The van der Waals surface area contributed by atoms with Crippen LogP contribution < -0.4 is 4.72 Å². The molecule has 0 aliphatic rings. The van der Waals surface area contributed by atoms with Crippen molar-refractivity contribution >= 4 is 15.7 Å². The Morgan fingerprint density at radius 2 is 1.67 bits per heavy atom. The van der Waals surface area contributed by atoms with Gasteiger partial charge in [-0.1, -0.05) is 18.2 Å². The highest BCUT2D eigenvalue weighted by molar-refractivity contribution is 7.92. The van der Waals surface area contributed by atoms with E-state index in [0.29, 0.717) is 17.0 Å². The second-order valence-electron chi connectivity index (χ2n) is 5.78. The van der Waals surface area contributed by atoms with Crippen molar-refractivity contribution in [2.45, 2.75) is 11.0 Å². The molecular formula is C19H17FN2O4S. The van der Waals surface area contributed by atoms with Gasteiger partial charge in [-0.25, -0.2) is 17.8 Å². The lowest BCUT2D eigenvalue weighted by Crippen LogP contribution is -2.12. The molecule has 1 aromatic heterocycles. The van der Waals surface area contributed by atoms with Gasteiger partial charge in [0.2, 0.25) is 0 Å². The second kappa shape index (κ2) is 7.83. The summed E-state index contributed by atoms with van der Waals surface area (Å²) in [6, 6.07) is 16.1. The molecule has 8 heteroatoms. The molecule has 0 saturated carbocycles. The van der Waals surface area contributed by atoms with E-state index in [1.807, 2.05) is 0 Å². The highest BCUT2D eigenvalue weighted by Crippen LogP contribution is 2.23. The lowest BCUT2D eigenvalue weighted by molar-refractivity contribution is 0.0923. The van der Waals surface area contributed by atoms with Crippen molar-refractivity contribution in [1.29, 1.82) is 0 Å². The molecule has 0 saturated heterocycles. The standard InChI is InChI=1S/C19H17FN2O4S/c20-14-6-8-15(9-7-14)22-27(25,26)16-10-4-13(5-11-16)17-2-1-3-18(21-17)19(24)12-23/h1-11,19,22-24H,12H2. The average molecular weight is 388 g/mol. The first-order valence-corrected chi connectivity index (χ1v) is 9.52. The number of aliphatic hydroxyl groups is 2. The van der Waals surface area contributed by atoms with Gasteiger partial charge in [0, 0.05) is 11.3 Å². The quantitative estimate of drug-likeness (QED) is 0.603. The number of aromatic nitrogens is 1. The Labute approximate surface area is 156 Å². The van der Waals surface area contributed by atoms with Gasteiger partial charge >= 0.3 is 0 Å². The highest BCUT2D eigenvalue weighted by Gasteiger charge is 2.15. The predicted octanol–water partition coefficient (Wildman–Crippen LogP) is 2.71. The Morgan fingerprint density at radius 3 is 2.30 bits per heavy atom. The van der Waals surface area contributed by atoms with Gasteiger partial charge in [0.25, 0.3) is 10.0 Å². The van der Waals surface area contributed by atoms with E-state index in [1.54, 1.807) is 30.3 Å². The van der Waals surface area contributed by atoms with Crippen LogP contribution in [0.2, 0.25) is 0 Å². The number of halogens is 1. The normalized spacial score (nSPS) is 12.6. The third-order valence-corrected chi connectivity index (χ3v) is 5.24. The minimum absolute atomic E-state index is 0.0436. The highest BCUT2D eigenvalue weighted by atomic mass is 32.2. The molecule has 0 spiro atoms. The van der Waals surface area contributed by atoms with Crippen LogP contribution in [-0.2, 0) is 10.0 Å². The molecule has 0 fully saturated rings. The number of benzene rings is 2. The summed E-state index contributed by atoms with van der Waals surface area (Å²) in [5.41, 5.74) is 1.77. The SMILES string of the molecule is O=S(=O)(Nc1ccc(F)cc1)c1ccc(-c2cccc(C(O)CO)n2)cc1. The smallest absolute Gasteiger partial charge is 0.261 e. The Kier molecular flexibility index (Phi) is 5.50. The van der Waals surface area contributed by atoms with Crippen LogP contribution in [-0.4, -0.2) is 30.2 Å². The van der Waals surface area contributed by atoms with Crippen molar-refractivity contribution in [2.24, 2.45) is 0 Å². The molecule has 140 valence electrons. The van der Waals surface area contributed by atoms with Crippen molar-refractivity contribution in [3.8, 4) is 11.3 Å². The molecule has 27 heavy (non-hydrogen) atoms. The van der Waals surface area contributed by atoms with Gasteiger partial charge in [0.05, 0.1) is 22.9 Å². The number of rotatable bonds is 6. The largest absolute Gasteiger partial charge is 0.393 e. The maximum Gasteiger partial charge on any atom is 0.261 e. The number of hydrogen-bond donors (Lipinski definition) is 3. The van der Waals surface area contributed by atoms with E-state index in [4.69, 9.17) is 5.11 Å². The summed E-state index contributed by atoms with van der Waals surface area (Å²) in [7, 11) is -3.82. The first kappa shape index (κ1) is 19.0. The summed E-state index contributed by atoms with van der Waals surface area (Å²) >= 11 is 0. The molecule has 0 aliphatic carbocycles. The number of sulfonamides is 1. The van der Waals surface area contributed by atoms with Gasteiger partial charge in [0.1, 0.15) is 11.9 Å². The van der Waals surface area contributed by atoms with Crippen LogP contribution in [0.5, 0.6) is 0 Å². The molecule has 2 aromatic carbocycles. The first-order valence-electron chi connectivity index (χ1n) is 8.04. The third kappa shape index (κ3) is 4.48. The van der Waals surface area contributed by atoms with Gasteiger partial charge < -0.3 is 10.2 Å². The zero-order valence-electron chi connectivity index (χ0n) is 14.1. The van der Waals surface area contributed by atoms with E-state index >= 15 is 0 Å². The Hall–Kier alpha value is -2.81. The monoisotopic (exact) mass is 388 g/mol.